The van der Waals surface area contributed by atoms with Gasteiger partial charge in [0.2, 0.25) is 0 Å². The van der Waals surface area contributed by atoms with Gasteiger partial charge >= 0.3 is 0 Å². The highest BCUT2D eigenvalue weighted by Crippen LogP contribution is 2.34. The molecule has 3 heteroatoms. The van der Waals surface area contributed by atoms with Crippen LogP contribution in [0.3, 0.4) is 0 Å². The van der Waals surface area contributed by atoms with E-state index in [1.54, 1.807) is 6.20 Å². The summed E-state index contributed by atoms with van der Waals surface area (Å²) in [5, 5.41) is 0. The second-order valence-corrected chi connectivity index (χ2v) is 4.31. The second kappa shape index (κ2) is 3.95. The van der Waals surface area contributed by atoms with E-state index in [1.165, 1.54) is 25.7 Å². The van der Waals surface area contributed by atoms with Crippen molar-refractivity contribution < 1.29 is 4.79 Å². The molecule has 1 aromatic rings. The minimum atomic E-state index is 0.535. The van der Waals surface area contributed by atoms with E-state index in [0.717, 1.165) is 18.0 Å². The van der Waals surface area contributed by atoms with Gasteiger partial charge in [-0.1, -0.05) is 19.8 Å². The van der Waals surface area contributed by atoms with Gasteiger partial charge in [-0.15, -0.1) is 0 Å². The molecule has 1 aliphatic carbocycles. The third kappa shape index (κ3) is 1.86. The van der Waals surface area contributed by atoms with E-state index >= 15 is 0 Å². The monoisotopic (exact) mass is 192 g/mol. The summed E-state index contributed by atoms with van der Waals surface area (Å²) >= 11 is 0. The van der Waals surface area contributed by atoms with Crippen LogP contribution in [0.2, 0.25) is 0 Å². The largest absolute Gasteiger partial charge is 0.340 e. The Morgan fingerprint density at radius 2 is 2.43 bits per heavy atom. The molecule has 14 heavy (non-hydrogen) atoms. The molecule has 0 bridgehead atoms. The van der Waals surface area contributed by atoms with Crippen LogP contribution < -0.4 is 0 Å². The van der Waals surface area contributed by atoms with Crippen molar-refractivity contribution in [3.05, 3.63) is 17.7 Å². The molecule has 2 unspecified atom stereocenters. The minimum absolute atomic E-state index is 0.535. The van der Waals surface area contributed by atoms with Crippen molar-refractivity contribution in [2.75, 3.05) is 0 Å². The molecule has 1 aromatic heterocycles. The number of aromatic nitrogens is 2. The maximum Gasteiger partial charge on any atom is 0.167 e. The average Bonchev–Trinajstić information content (AvgIpc) is 2.66. The highest BCUT2D eigenvalue weighted by molar-refractivity contribution is 5.71. The Labute approximate surface area is 83.9 Å². The molecule has 76 valence electrons. The van der Waals surface area contributed by atoms with E-state index in [0.29, 0.717) is 11.6 Å². The smallest absolute Gasteiger partial charge is 0.167 e. The van der Waals surface area contributed by atoms with Crippen LogP contribution in [0.25, 0.3) is 0 Å². The van der Waals surface area contributed by atoms with Gasteiger partial charge < -0.3 is 4.98 Å². The summed E-state index contributed by atoms with van der Waals surface area (Å²) in [5.41, 5.74) is 0.596. The summed E-state index contributed by atoms with van der Waals surface area (Å²) in [5.74, 6) is 2.32. The van der Waals surface area contributed by atoms with Crippen molar-refractivity contribution in [1.29, 1.82) is 0 Å². The van der Waals surface area contributed by atoms with Crippen LogP contribution in [0.15, 0.2) is 6.20 Å². The Bertz CT molecular complexity index is 319. The number of aldehydes is 1. The molecule has 0 saturated heterocycles. The summed E-state index contributed by atoms with van der Waals surface area (Å²) in [6, 6.07) is 0. The molecule has 1 heterocycles. The fraction of sp³-hybridized carbons (Fsp3) is 0.636. The van der Waals surface area contributed by atoms with Crippen molar-refractivity contribution in [2.45, 2.75) is 38.5 Å². The quantitative estimate of drug-likeness (QED) is 0.732. The third-order valence-corrected chi connectivity index (χ3v) is 3.07. The molecule has 1 fully saturated rings. The van der Waals surface area contributed by atoms with Crippen molar-refractivity contribution in [3.63, 3.8) is 0 Å². The van der Waals surface area contributed by atoms with E-state index < -0.39 is 0 Å². The number of imidazole rings is 1. The van der Waals surface area contributed by atoms with Gasteiger partial charge in [-0.3, -0.25) is 4.79 Å². The van der Waals surface area contributed by atoms with Crippen LogP contribution in [0.5, 0.6) is 0 Å². The number of carbonyl (C=O) groups excluding carboxylic acids is 1. The maximum atomic E-state index is 10.5. The lowest BCUT2D eigenvalue weighted by Gasteiger charge is -2.24. The summed E-state index contributed by atoms with van der Waals surface area (Å²) < 4.78 is 0. The van der Waals surface area contributed by atoms with E-state index in [1.807, 2.05) is 0 Å². The van der Waals surface area contributed by atoms with Crippen molar-refractivity contribution >= 4 is 6.29 Å². The molecule has 1 N–H and O–H groups in total. The van der Waals surface area contributed by atoms with Gasteiger partial charge in [0.1, 0.15) is 5.82 Å². The molecule has 0 radical (unpaired) electrons. The fourth-order valence-electron chi connectivity index (χ4n) is 2.30. The lowest BCUT2D eigenvalue weighted by molar-refractivity contribution is 0.111. The second-order valence-electron chi connectivity index (χ2n) is 4.31. The number of hydrogen-bond acceptors (Lipinski definition) is 2. The topological polar surface area (TPSA) is 45.8 Å². The molecule has 3 nitrogen and oxygen atoms in total. The number of aromatic amines is 1. The molecule has 2 rings (SSSR count). The molecular formula is C11H16N2O. The Morgan fingerprint density at radius 3 is 3.07 bits per heavy atom. The van der Waals surface area contributed by atoms with E-state index in [-0.39, 0.29) is 0 Å². The first-order valence-electron chi connectivity index (χ1n) is 5.29. The van der Waals surface area contributed by atoms with Crippen LogP contribution in [0.1, 0.15) is 54.8 Å². The fourth-order valence-corrected chi connectivity index (χ4v) is 2.30. The Morgan fingerprint density at radius 1 is 1.57 bits per heavy atom. The zero-order valence-electron chi connectivity index (χ0n) is 8.49. The Balaban J connectivity index is 2.09. The number of rotatable bonds is 2. The molecule has 2 atom stereocenters. The summed E-state index contributed by atoms with van der Waals surface area (Å²) in [6.45, 7) is 2.29. The molecule has 0 amide bonds. The first-order valence-corrected chi connectivity index (χ1v) is 5.29. The number of H-pyrrole nitrogens is 1. The lowest BCUT2D eigenvalue weighted by atomic mass is 9.82. The molecule has 1 saturated carbocycles. The van der Waals surface area contributed by atoms with E-state index in [2.05, 4.69) is 16.9 Å². The number of nitrogens with zero attached hydrogens (tertiary/aromatic N) is 1. The predicted molar refractivity (Wildman–Crippen MR) is 54.3 cm³/mol. The summed E-state index contributed by atoms with van der Waals surface area (Å²) in [7, 11) is 0. The van der Waals surface area contributed by atoms with Crippen LogP contribution in [0, 0.1) is 5.92 Å². The minimum Gasteiger partial charge on any atom is -0.340 e. The van der Waals surface area contributed by atoms with Crippen LogP contribution in [-0.2, 0) is 0 Å². The average molecular weight is 192 g/mol. The highest BCUT2D eigenvalue weighted by Gasteiger charge is 2.22. The zero-order valence-corrected chi connectivity index (χ0v) is 8.49. The van der Waals surface area contributed by atoms with Crippen molar-refractivity contribution in [2.24, 2.45) is 5.92 Å². The molecule has 0 aliphatic heterocycles. The normalized spacial score (nSPS) is 27.5. The Kier molecular flexibility index (Phi) is 2.66. The van der Waals surface area contributed by atoms with E-state index in [4.69, 9.17) is 0 Å². The first-order chi connectivity index (χ1) is 6.79. The predicted octanol–water partition coefficient (Wildman–Crippen LogP) is 2.52. The zero-order chi connectivity index (χ0) is 9.97. The van der Waals surface area contributed by atoms with E-state index in [9.17, 15) is 4.79 Å². The van der Waals surface area contributed by atoms with Gasteiger partial charge in [0.25, 0.3) is 0 Å². The lowest BCUT2D eigenvalue weighted by Crippen LogP contribution is -2.12. The maximum absolute atomic E-state index is 10.5. The SMILES string of the molecule is CC1CCCC(c2ncc(C=O)[nH]2)C1. The summed E-state index contributed by atoms with van der Waals surface area (Å²) in [4.78, 5) is 17.8. The van der Waals surface area contributed by atoms with Gasteiger partial charge in [-0.25, -0.2) is 4.98 Å². The van der Waals surface area contributed by atoms with Crippen molar-refractivity contribution in [3.8, 4) is 0 Å². The van der Waals surface area contributed by atoms with Gasteiger partial charge in [-0.2, -0.15) is 0 Å². The summed E-state index contributed by atoms with van der Waals surface area (Å²) in [6.07, 6.45) is 7.47. The van der Waals surface area contributed by atoms with Crippen molar-refractivity contribution in [1.82, 2.24) is 9.97 Å². The first kappa shape index (κ1) is 9.44. The van der Waals surface area contributed by atoms with Gasteiger partial charge in [0.05, 0.1) is 11.9 Å². The van der Waals surface area contributed by atoms with Crippen LogP contribution >= 0.6 is 0 Å². The highest BCUT2D eigenvalue weighted by atomic mass is 16.1. The molecule has 1 aliphatic rings. The molecular weight excluding hydrogens is 176 g/mol. The van der Waals surface area contributed by atoms with Crippen LogP contribution in [0.4, 0.5) is 0 Å². The molecule has 0 spiro atoms. The third-order valence-electron chi connectivity index (χ3n) is 3.07. The number of nitrogens with one attached hydrogen (secondary N) is 1. The van der Waals surface area contributed by atoms with Crippen LogP contribution in [-0.4, -0.2) is 16.3 Å². The number of hydrogen-bond donors (Lipinski definition) is 1. The standard InChI is InChI=1S/C11H16N2O/c1-8-3-2-4-9(5-8)11-12-6-10(7-14)13-11/h6-9H,2-5H2,1H3,(H,12,13). The number of carbonyl (C=O) groups is 1. The van der Waals surface area contributed by atoms with Gasteiger partial charge in [0.15, 0.2) is 6.29 Å². The van der Waals surface area contributed by atoms with Gasteiger partial charge in [-0.05, 0) is 18.8 Å². The Hall–Kier alpha value is -1.12. The van der Waals surface area contributed by atoms with Gasteiger partial charge in [0, 0.05) is 5.92 Å². The molecule has 0 aromatic carbocycles.